The third-order valence-corrected chi connectivity index (χ3v) is 2.14. The molecule has 0 aliphatic heterocycles. The lowest BCUT2D eigenvalue weighted by molar-refractivity contribution is 0.0939. The molecule has 0 radical (unpaired) electrons. The molecule has 0 aliphatic carbocycles. The molecule has 0 heterocycles. The molecule has 0 unspecified atom stereocenters. The topological polar surface area (TPSA) is 63.3 Å². The zero-order chi connectivity index (χ0) is 10.9. The number of benzene rings is 1. The predicted octanol–water partition coefficient (Wildman–Crippen LogP) is 2.12. The molecule has 0 amide bonds. The lowest BCUT2D eigenvalue weighted by atomic mass is 9.98. The normalized spacial score (nSPS) is 10.6. The van der Waals surface area contributed by atoms with Crippen LogP contribution in [0.4, 0.5) is 5.69 Å². The molecule has 0 saturated heterocycles. The molecule has 0 fully saturated rings. The summed E-state index contributed by atoms with van der Waals surface area (Å²) in [4.78, 5) is 11.6. The number of aromatic hydroxyl groups is 1. The second-order valence-corrected chi connectivity index (χ2v) is 3.75. The van der Waals surface area contributed by atoms with Crippen molar-refractivity contribution in [2.45, 2.75) is 20.8 Å². The first kappa shape index (κ1) is 10.6. The summed E-state index contributed by atoms with van der Waals surface area (Å²) in [5, 5.41) is 9.41. The van der Waals surface area contributed by atoms with E-state index >= 15 is 0 Å². The number of phenolic OH excluding ortho intramolecular Hbond substituents is 1. The summed E-state index contributed by atoms with van der Waals surface area (Å²) in [6.07, 6.45) is 0. The molecule has 1 aromatic carbocycles. The van der Waals surface area contributed by atoms with Gasteiger partial charge < -0.3 is 10.8 Å². The summed E-state index contributed by atoms with van der Waals surface area (Å²) in [6.45, 7) is 5.39. The molecule has 3 N–H and O–H groups in total. The number of anilines is 1. The van der Waals surface area contributed by atoms with E-state index in [1.54, 1.807) is 13.0 Å². The molecule has 76 valence electrons. The SMILES string of the molecule is Cc1cc(C(=O)C(C)C)cc(N)c1O. The molecule has 0 bridgehead atoms. The van der Waals surface area contributed by atoms with Crippen LogP contribution in [0.15, 0.2) is 12.1 Å². The molecule has 0 aromatic heterocycles. The lowest BCUT2D eigenvalue weighted by Gasteiger charge is -2.08. The van der Waals surface area contributed by atoms with E-state index in [1.165, 1.54) is 6.07 Å². The summed E-state index contributed by atoms with van der Waals surface area (Å²) in [5.41, 5.74) is 7.01. The van der Waals surface area contributed by atoms with E-state index in [4.69, 9.17) is 5.73 Å². The fourth-order valence-electron chi connectivity index (χ4n) is 1.28. The fourth-order valence-corrected chi connectivity index (χ4v) is 1.28. The number of carbonyl (C=O) groups is 1. The highest BCUT2D eigenvalue weighted by Gasteiger charge is 2.13. The second-order valence-electron chi connectivity index (χ2n) is 3.75. The van der Waals surface area contributed by atoms with Crippen LogP contribution >= 0.6 is 0 Å². The Labute approximate surface area is 83.6 Å². The minimum Gasteiger partial charge on any atom is -0.506 e. The minimum atomic E-state index is -0.0571. The van der Waals surface area contributed by atoms with Gasteiger partial charge in [0.15, 0.2) is 5.78 Å². The number of rotatable bonds is 2. The standard InChI is InChI=1S/C11H15NO2/c1-6(2)10(13)8-4-7(3)11(14)9(12)5-8/h4-6,14H,12H2,1-3H3. The van der Waals surface area contributed by atoms with E-state index in [9.17, 15) is 9.90 Å². The number of Topliss-reactive ketones (excluding diaryl/α,β-unsaturated/α-hetero) is 1. The Bertz CT molecular complexity index is 347. The highest BCUT2D eigenvalue weighted by atomic mass is 16.3. The van der Waals surface area contributed by atoms with Gasteiger partial charge in [0, 0.05) is 11.5 Å². The van der Waals surface area contributed by atoms with Gasteiger partial charge in [-0.2, -0.15) is 0 Å². The third-order valence-electron chi connectivity index (χ3n) is 2.14. The van der Waals surface area contributed by atoms with Gasteiger partial charge in [0.25, 0.3) is 0 Å². The van der Waals surface area contributed by atoms with E-state index in [2.05, 4.69) is 0 Å². The number of nitrogen functional groups attached to an aromatic ring is 1. The molecule has 3 heteroatoms. The number of phenols is 1. The largest absolute Gasteiger partial charge is 0.506 e. The van der Waals surface area contributed by atoms with Gasteiger partial charge in [0.05, 0.1) is 5.69 Å². The highest BCUT2D eigenvalue weighted by Crippen LogP contribution is 2.26. The maximum atomic E-state index is 11.6. The van der Waals surface area contributed by atoms with E-state index in [-0.39, 0.29) is 23.1 Å². The van der Waals surface area contributed by atoms with Gasteiger partial charge in [-0.3, -0.25) is 4.79 Å². The molecule has 0 aliphatic rings. The quantitative estimate of drug-likeness (QED) is 0.429. The molecule has 1 aromatic rings. The van der Waals surface area contributed by atoms with E-state index in [0.29, 0.717) is 11.1 Å². The van der Waals surface area contributed by atoms with Gasteiger partial charge in [0.1, 0.15) is 5.75 Å². The van der Waals surface area contributed by atoms with Crippen molar-refractivity contribution in [2.24, 2.45) is 5.92 Å². The summed E-state index contributed by atoms with van der Waals surface area (Å²) < 4.78 is 0. The average Bonchev–Trinajstić information content (AvgIpc) is 2.12. The number of ketones is 1. The third kappa shape index (κ3) is 1.87. The van der Waals surface area contributed by atoms with Crippen molar-refractivity contribution in [3.8, 4) is 5.75 Å². The summed E-state index contributed by atoms with van der Waals surface area (Å²) in [6, 6.07) is 3.18. The summed E-state index contributed by atoms with van der Waals surface area (Å²) >= 11 is 0. The van der Waals surface area contributed by atoms with Crippen molar-refractivity contribution in [1.82, 2.24) is 0 Å². The number of hydrogen-bond acceptors (Lipinski definition) is 3. The Hall–Kier alpha value is -1.51. The summed E-state index contributed by atoms with van der Waals surface area (Å²) in [7, 11) is 0. The van der Waals surface area contributed by atoms with Crippen molar-refractivity contribution in [2.75, 3.05) is 5.73 Å². The van der Waals surface area contributed by atoms with Crippen LogP contribution in [-0.2, 0) is 0 Å². The molecular formula is C11H15NO2. The maximum absolute atomic E-state index is 11.6. The summed E-state index contributed by atoms with van der Waals surface area (Å²) in [5.74, 6) is 0.0449. The van der Waals surface area contributed by atoms with Crippen LogP contribution in [0.5, 0.6) is 5.75 Å². The van der Waals surface area contributed by atoms with Gasteiger partial charge in [-0.05, 0) is 24.6 Å². The zero-order valence-electron chi connectivity index (χ0n) is 8.66. The smallest absolute Gasteiger partial charge is 0.165 e. The van der Waals surface area contributed by atoms with E-state index < -0.39 is 0 Å². The maximum Gasteiger partial charge on any atom is 0.165 e. The zero-order valence-corrected chi connectivity index (χ0v) is 8.66. The Balaban J connectivity index is 3.19. The Morgan fingerprint density at radius 2 is 2.00 bits per heavy atom. The molecule has 1 rings (SSSR count). The minimum absolute atomic E-state index is 0.0415. The molecule has 14 heavy (non-hydrogen) atoms. The van der Waals surface area contributed by atoms with Crippen LogP contribution in [0.3, 0.4) is 0 Å². The van der Waals surface area contributed by atoms with Crippen molar-refractivity contribution < 1.29 is 9.90 Å². The van der Waals surface area contributed by atoms with Gasteiger partial charge in [-0.25, -0.2) is 0 Å². The molecule has 0 spiro atoms. The van der Waals surface area contributed by atoms with Crippen molar-refractivity contribution >= 4 is 11.5 Å². The predicted molar refractivity (Wildman–Crippen MR) is 56.4 cm³/mol. The van der Waals surface area contributed by atoms with Crippen LogP contribution < -0.4 is 5.73 Å². The van der Waals surface area contributed by atoms with Gasteiger partial charge in [-0.15, -0.1) is 0 Å². The van der Waals surface area contributed by atoms with Crippen molar-refractivity contribution in [1.29, 1.82) is 0 Å². The van der Waals surface area contributed by atoms with E-state index in [1.807, 2.05) is 13.8 Å². The number of aryl methyl sites for hydroxylation is 1. The average molecular weight is 193 g/mol. The van der Waals surface area contributed by atoms with Crippen LogP contribution in [0.25, 0.3) is 0 Å². The van der Waals surface area contributed by atoms with Gasteiger partial charge >= 0.3 is 0 Å². The highest BCUT2D eigenvalue weighted by molar-refractivity contribution is 5.98. The van der Waals surface area contributed by atoms with Gasteiger partial charge in [-0.1, -0.05) is 13.8 Å². The first-order chi connectivity index (χ1) is 6.43. The number of hydrogen-bond donors (Lipinski definition) is 2. The van der Waals surface area contributed by atoms with Crippen LogP contribution in [-0.4, -0.2) is 10.9 Å². The van der Waals surface area contributed by atoms with Crippen molar-refractivity contribution in [3.63, 3.8) is 0 Å². The van der Waals surface area contributed by atoms with Crippen molar-refractivity contribution in [3.05, 3.63) is 23.3 Å². The lowest BCUT2D eigenvalue weighted by Crippen LogP contribution is -2.08. The Morgan fingerprint density at radius 1 is 1.43 bits per heavy atom. The molecule has 3 nitrogen and oxygen atoms in total. The Morgan fingerprint density at radius 3 is 2.43 bits per heavy atom. The van der Waals surface area contributed by atoms with Crippen LogP contribution in [0.1, 0.15) is 29.8 Å². The van der Waals surface area contributed by atoms with E-state index in [0.717, 1.165) is 0 Å². The van der Waals surface area contributed by atoms with Gasteiger partial charge in [0.2, 0.25) is 0 Å². The molecule has 0 saturated carbocycles. The Kier molecular flexibility index (Phi) is 2.79. The van der Waals surface area contributed by atoms with Crippen LogP contribution in [0.2, 0.25) is 0 Å². The first-order valence-electron chi connectivity index (χ1n) is 4.56. The molecular weight excluding hydrogens is 178 g/mol. The second kappa shape index (κ2) is 3.70. The number of nitrogens with two attached hydrogens (primary N) is 1. The number of carbonyl (C=O) groups excluding carboxylic acids is 1. The van der Waals surface area contributed by atoms with Crippen LogP contribution in [0, 0.1) is 12.8 Å². The molecule has 0 atom stereocenters. The fraction of sp³-hybridized carbons (Fsp3) is 0.364. The first-order valence-corrected chi connectivity index (χ1v) is 4.56. The monoisotopic (exact) mass is 193 g/mol.